The van der Waals surface area contributed by atoms with Gasteiger partial charge in [0, 0.05) is 5.41 Å². The highest BCUT2D eigenvalue weighted by molar-refractivity contribution is 7.16. The van der Waals surface area contributed by atoms with Crippen molar-refractivity contribution in [3.8, 4) is 0 Å². The lowest BCUT2D eigenvalue weighted by Crippen LogP contribution is -2.19. The molecule has 0 atom stereocenters. The van der Waals surface area contributed by atoms with E-state index in [4.69, 9.17) is 4.42 Å². The van der Waals surface area contributed by atoms with E-state index in [0.29, 0.717) is 4.90 Å². The second-order valence-electron chi connectivity index (χ2n) is 4.20. The molecule has 14 heavy (non-hydrogen) atoms. The molecule has 0 aromatic carbocycles. The summed E-state index contributed by atoms with van der Waals surface area (Å²) in [5.74, 6) is -0.509. The van der Waals surface area contributed by atoms with Crippen molar-refractivity contribution in [1.82, 2.24) is 4.98 Å². The topological polar surface area (TPSA) is 43.1 Å². The molecule has 0 bridgehead atoms. The summed E-state index contributed by atoms with van der Waals surface area (Å²) in [7, 11) is 0. The van der Waals surface area contributed by atoms with E-state index in [1.165, 1.54) is 11.3 Å². The zero-order chi connectivity index (χ0) is 10.3. The van der Waals surface area contributed by atoms with Gasteiger partial charge < -0.3 is 4.42 Å². The van der Waals surface area contributed by atoms with E-state index < -0.39 is 5.76 Å². The van der Waals surface area contributed by atoms with Crippen LogP contribution in [0.15, 0.2) is 20.7 Å². The molecule has 0 fully saturated rings. The number of hydrogen-bond donors (Lipinski definition) is 0. The number of fused-ring (bicyclic) bond motifs is 1. The highest BCUT2D eigenvalue weighted by atomic mass is 32.1. The van der Waals surface area contributed by atoms with Crippen LogP contribution < -0.4 is 5.76 Å². The molecule has 0 N–H and O–H groups in total. The second kappa shape index (κ2) is 2.92. The molecule has 0 radical (unpaired) electrons. The third-order valence-electron chi connectivity index (χ3n) is 1.98. The molecule has 4 heteroatoms. The van der Waals surface area contributed by atoms with Crippen LogP contribution in [-0.2, 0) is 5.41 Å². The molecule has 0 aliphatic carbocycles. The Morgan fingerprint density at radius 2 is 2.14 bits per heavy atom. The molecule has 3 nitrogen and oxygen atoms in total. The molecular formula is C10H11NO2S. The van der Waals surface area contributed by atoms with Crippen LogP contribution in [0.2, 0.25) is 0 Å². The lowest BCUT2D eigenvalue weighted by Gasteiger charge is -2.17. The van der Waals surface area contributed by atoms with Gasteiger partial charge in [-0.25, -0.2) is 4.79 Å². The van der Waals surface area contributed by atoms with Crippen molar-refractivity contribution in [2.45, 2.75) is 26.2 Å². The van der Waals surface area contributed by atoms with Gasteiger partial charge in [0.15, 0.2) is 4.90 Å². The quantitative estimate of drug-likeness (QED) is 0.669. The van der Waals surface area contributed by atoms with E-state index in [0.717, 1.165) is 11.1 Å². The van der Waals surface area contributed by atoms with Gasteiger partial charge in [0.1, 0.15) is 0 Å². The van der Waals surface area contributed by atoms with Crippen molar-refractivity contribution in [3.63, 3.8) is 0 Å². The molecule has 2 aromatic rings. The predicted molar refractivity (Wildman–Crippen MR) is 56.9 cm³/mol. The van der Waals surface area contributed by atoms with E-state index >= 15 is 0 Å². The van der Waals surface area contributed by atoms with E-state index in [1.54, 1.807) is 0 Å². The molecule has 2 rings (SSSR count). The van der Waals surface area contributed by atoms with Crippen LogP contribution in [0.5, 0.6) is 0 Å². The van der Waals surface area contributed by atoms with Gasteiger partial charge in [-0.3, -0.25) is 0 Å². The smallest absolute Gasteiger partial charge is 0.397 e. The minimum Gasteiger partial charge on any atom is -0.397 e. The predicted octanol–water partition coefficient (Wildman–Crippen LogP) is 2.55. The van der Waals surface area contributed by atoms with Crippen molar-refractivity contribution in [3.05, 3.63) is 27.7 Å². The fourth-order valence-electron chi connectivity index (χ4n) is 1.38. The van der Waals surface area contributed by atoms with Gasteiger partial charge in [-0.2, -0.15) is 4.98 Å². The van der Waals surface area contributed by atoms with E-state index in [1.807, 2.05) is 32.2 Å². The van der Waals surface area contributed by atoms with Crippen LogP contribution in [0.25, 0.3) is 10.3 Å². The zero-order valence-electron chi connectivity index (χ0n) is 8.33. The highest BCUT2D eigenvalue weighted by Gasteiger charge is 2.20. The molecule has 0 saturated carbocycles. The Kier molecular flexibility index (Phi) is 1.96. The summed E-state index contributed by atoms with van der Waals surface area (Å²) in [6, 6.07) is 1.94. The zero-order valence-corrected chi connectivity index (χ0v) is 9.14. The van der Waals surface area contributed by atoms with Crippen LogP contribution in [0.1, 0.15) is 26.5 Å². The largest absolute Gasteiger partial charge is 0.440 e. The molecule has 0 saturated heterocycles. The summed E-state index contributed by atoms with van der Waals surface area (Å²) in [5.41, 5.74) is 0.680. The Morgan fingerprint density at radius 3 is 2.79 bits per heavy atom. The van der Waals surface area contributed by atoms with Gasteiger partial charge in [0.05, 0.1) is 11.1 Å². The van der Waals surface area contributed by atoms with Crippen LogP contribution in [-0.4, -0.2) is 4.98 Å². The molecular weight excluding hydrogens is 198 g/mol. The molecule has 74 valence electrons. The Bertz CT molecular complexity index is 519. The maximum absolute atomic E-state index is 11.2. The lowest BCUT2D eigenvalue weighted by molar-refractivity contribution is 0.503. The second-order valence-corrected chi connectivity index (χ2v) is 5.08. The Hall–Kier alpha value is -1.16. The first-order valence-electron chi connectivity index (χ1n) is 4.37. The van der Waals surface area contributed by atoms with Crippen LogP contribution in [0, 0.1) is 0 Å². The third kappa shape index (κ3) is 1.46. The van der Waals surface area contributed by atoms with E-state index in [-0.39, 0.29) is 5.41 Å². The fourth-order valence-corrected chi connectivity index (χ4v) is 2.11. The van der Waals surface area contributed by atoms with Gasteiger partial charge in [0.25, 0.3) is 0 Å². The summed E-state index contributed by atoms with van der Waals surface area (Å²) in [5, 5.41) is 2.85. The number of hydrogen-bond acceptors (Lipinski definition) is 4. The first-order chi connectivity index (χ1) is 6.48. The normalized spacial score (nSPS) is 12.2. The van der Waals surface area contributed by atoms with Crippen molar-refractivity contribution in [1.29, 1.82) is 0 Å². The maximum atomic E-state index is 11.2. The van der Waals surface area contributed by atoms with Crippen molar-refractivity contribution < 1.29 is 4.42 Å². The minimum absolute atomic E-state index is 0.130. The standard InChI is InChI=1S/C10H11NO2S/c1-10(2,3)7-6-4-5-14-8(6)13-9(12)11-7/h4-5H,1-3H3. The summed E-state index contributed by atoms with van der Waals surface area (Å²) in [6.07, 6.45) is 0. The summed E-state index contributed by atoms with van der Waals surface area (Å²) >= 11 is 1.43. The molecule has 0 unspecified atom stereocenters. The Balaban J connectivity index is 2.87. The highest BCUT2D eigenvalue weighted by Crippen LogP contribution is 2.29. The number of nitrogens with zero attached hydrogens (tertiary/aromatic N) is 1. The molecule has 0 amide bonds. The fraction of sp³-hybridized carbons (Fsp3) is 0.400. The summed E-state index contributed by atoms with van der Waals surface area (Å²) in [6.45, 7) is 6.10. The Labute approximate surface area is 85.4 Å². The van der Waals surface area contributed by atoms with Crippen molar-refractivity contribution in [2.24, 2.45) is 0 Å². The van der Waals surface area contributed by atoms with Crippen LogP contribution in [0.3, 0.4) is 0 Å². The first kappa shape index (κ1) is 9.40. The maximum Gasteiger partial charge on any atom is 0.440 e. The number of aromatic nitrogens is 1. The minimum atomic E-state index is -0.509. The molecule has 2 heterocycles. The van der Waals surface area contributed by atoms with Gasteiger partial charge in [-0.1, -0.05) is 20.8 Å². The van der Waals surface area contributed by atoms with Gasteiger partial charge in [-0.15, -0.1) is 11.3 Å². The van der Waals surface area contributed by atoms with Crippen LogP contribution in [0.4, 0.5) is 0 Å². The van der Waals surface area contributed by atoms with Crippen molar-refractivity contribution >= 4 is 21.6 Å². The van der Waals surface area contributed by atoms with Gasteiger partial charge in [-0.05, 0) is 11.4 Å². The summed E-state index contributed by atoms with van der Waals surface area (Å²) in [4.78, 5) is 15.8. The van der Waals surface area contributed by atoms with Crippen molar-refractivity contribution in [2.75, 3.05) is 0 Å². The van der Waals surface area contributed by atoms with Crippen LogP contribution >= 0.6 is 11.3 Å². The molecule has 0 spiro atoms. The average molecular weight is 209 g/mol. The van der Waals surface area contributed by atoms with E-state index in [9.17, 15) is 4.79 Å². The average Bonchev–Trinajstić information content (AvgIpc) is 2.47. The van der Waals surface area contributed by atoms with Gasteiger partial charge in [0.2, 0.25) is 0 Å². The Morgan fingerprint density at radius 1 is 1.43 bits per heavy atom. The van der Waals surface area contributed by atoms with Gasteiger partial charge >= 0.3 is 5.76 Å². The summed E-state index contributed by atoms with van der Waals surface area (Å²) < 4.78 is 4.99. The molecule has 0 aliphatic rings. The number of thiophene rings is 1. The molecule has 0 aliphatic heterocycles. The van der Waals surface area contributed by atoms with E-state index in [2.05, 4.69) is 4.98 Å². The first-order valence-corrected chi connectivity index (χ1v) is 5.25. The SMILES string of the molecule is CC(C)(C)c1nc(=O)oc2sccc12. The lowest BCUT2D eigenvalue weighted by atomic mass is 9.90. The number of rotatable bonds is 0. The monoisotopic (exact) mass is 209 g/mol. The third-order valence-corrected chi connectivity index (χ3v) is 2.77. The molecule has 2 aromatic heterocycles.